The average molecular weight is 436 g/mol. The summed E-state index contributed by atoms with van der Waals surface area (Å²) in [4.78, 5) is 0. The van der Waals surface area contributed by atoms with Gasteiger partial charge in [-0.25, -0.2) is 0 Å². The van der Waals surface area contributed by atoms with E-state index in [-0.39, 0.29) is 5.92 Å². The summed E-state index contributed by atoms with van der Waals surface area (Å²) in [6.45, 7) is 3.15. The highest BCUT2D eigenvalue weighted by Crippen LogP contribution is 2.34. The quantitative estimate of drug-likeness (QED) is 0.278. The number of hydrogen-bond donors (Lipinski definition) is 2. The molecule has 4 aromatic rings. The summed E-state index contributed by atoms with van der Waals surface area (Å²) in [5.41, 5.74) is 4.94. The lowest BCUT2D eigenvalue weighted by Crippen LogP contribution is -2.30. The van der Waals surface area contributed by atoms with Gasteiger partial charge < -0.3 is 10.4 Å². The Kier molecular flexibility index (Phi) is 7.94. The average Bonchev–Trinajstić information content (AvgIpc) is 2.87. The Morgan fingerprint density at radius 1 is 0.606 bits per heavy atom. The van der Waals surface area contributed by atoms with Crippen LogP contribution in [0.25, 0.3) is 0 Å². The summed E-state index contributed by atoms with van der Waals surface area (Å²) in [6.07, 6.45) is 1.95. The molecule has 2 unspecified atom stereocenters. The molecule has 0 spiro atoms. The van der Waals surface area contributed by atoms with Gasteiger partial charge in [0.15, 0.2) is 0 Å². The summed E-state index contributed by atoms with van der Waals surface area (Å²) in [6, 6.07) is 40.1. The van der Waals surface area contributed by atoms with Gasteiger partial charge in [-0.1, -0.05) is 109 Å². The molecule has 0 aliphatic carbocycles. The van der Waals surface area contributed by atoms with Crippen molar-refractivity contribution >= 4 is 0 Å². The Morgan fingerprint density at radius 3 is 1.58 bits per heavy atom. The molecule has 0 fully saturated rings. The third-order valence-corrected chi connectivity index (χ3v) is 6.43. The van der Waals surface area contributed by atoms with E-state index in [1.807, 2.05) is 24.3 Å². The minimum Gasteiger partial charge on any atom is -0.508 e. The first-order valence-electron chi connectivity index (χ1n) is 11.9. The third kappa shape index (κ3) is 6.12. The van der Waals surface area contributed by atoms with Gasteiger partial charge >= 0.3 is 0 Å². The van der Waals surface area contributed by atoms with Crippen LogP contribution in [0.5, 0.6) is 5.75 Å². The van der Waals surface area contributed by atoms with Gasteiger partial charge in [0.2, 0.25) is 0 Å². The monoisotopic (exact) mass is 435 g/mol. The number of phenols is 1. The highest BCUT2D eigenvalue weighted by Gasteiger charge is 2.20. The van der Waals surface area contributed by atoms with E-state index in [1.54, 1.807) is 6.07 Å². The zero-order valence-corrected chi connectivity index (χ0v) is 19.3. The van der Waals surface area contributed by atoms with Gasteiger partial charge in [0, 0.05) is 23.4 Å². The largest absolute Gasteiger partial charge is 0.508 e. The first-order chi connectivity index (χ1) is 16.2. The van der Waals surface area contributed by atoms with E-state index >= 15 is 0 Å². The van der Waals surface area contributed by atoms with Crippen molar-refractivity contribution in [3.05, 3.63) is 138 Å². The summed E-state index contributed by atoms with van der Waals surface area (Å²) < 4.78 is 0. The van der Waals surface area contributed by atoms with E-state index in [1.165, 1.54) is 16.7 Å². The van der Waals surface area contributed by atoms with Gasteiger partial charge in [-0.15, -0.1) is 0 Å². The maximum absolute atomic E-state index is 10.5. The Balaban J connectivity index is 1.44. The van der Waals surface area contributed by atoms with E-state index in [2.05, 4.69) is 97.2 Å². The van der Waals surface area contributed by atoms with Crippen LogP contribution in [0, 0.1) is 0 Å². The number of rotatable bonds is 10. The normalized spacial score (nSPS) is 13.0. The Labute approximate surface area is 198 Å². The van der Waals surface area contributed by atoms with Crippen molar-refractivity contribution in [2.75, 3.05) is 6.54 Å². The minimum atomic E-state index is 0.158. The molecule has 168 valence electrons. The van der Waals surface area contributed by atoms with Crippen molar-refractivity contribution in [2.45, 2.75) is 37.6 Å². The molecule has 0 heterocycles. The molecular weight excluding hydrogens is 402 g/mol. The highest BCUT2D eigenvalue weighted by molar-refractivity contribution is 5.41. The molecule has 0 saturated carbocycles. The van der Waals surface area contributed by atoms with E-state index in [4.69, 9.17) is 0 Å². The lowest BCUT2D eigenvalue weighted by atomic mass is 9.86. The van der Waals surface area contributed by atoms with E-state index in [0.29, 0.717) is 17.7 Å². The van der Waals surface area contributed by atoms with Crippen LogP contribution in [-0.4, -0.2) is 17.7 Å². The SMILES string of the molecule is CC(CC(c1ccccc1)c1ccccc1)NCCC(c1ccccc1)c1ccccc1O. The van der Waals surface area contributed by atoms with Crippen LogP contribution in [0.2, 0.25) is 0 Å². The molecule has 0 bridgehead atoms. The van der Waals surface area contributed by atoms with Gasteiger partial charge in [0.05, 0.1) is 0 Å². The second-order valence-electron chi connectivity index (χ2n) is 8.78. The molecule has 0 aromatic heterocycles. The zero-order chi connectivity index (χ0) is 22.9. The van der Waals surface area contributed by atoms with Crippen molar-refractivity contribution in [3.63, 3.8) is 0 Å². The number of para-hydroxylation sites is 1. The van der Waals surface area contributed by atoms with Crippen LogP contribution in [0.3, 0.4) is 0 Å². The molecule has 2 N–H and O–H groups in total. The van der Waals surface area contributed by atoms with Gasteiger partial charge in [-0.3, -0.25) is 0 Å². The van der Waals surface area contributed by atoms with Crippen molar-refractivity contribution in [1.82, 2.24) is 5.32 Å². The maximum atomic E-state index is 10.5. The predicted molar refractivity (Wildman–Crippen MR) is 138 cm³/mol. The summed E-state index contributed by atoms with van der Waals surface area (Å²) in [5, 5.41) is 14.3. The van der Waals surface area contributed by atoms with Crippen molar-refractivity contribution in [3.8, 4) is 5.75 Å². The zero-order valence-electron chi connectivity index (χ0n) is 19.3. The first kappa shape index (κ1) is 22.8. The standard InChI is InChI=1S/C31H33NO/c1-24(23-30(26-15-7-3-8-16-26)27-17-9-4-10-18-27)32-22-21-28(25-13-5-2-6-14-25)29-19-11-12-20-31(29)33/h2-20,24,28,30,32-33H,21-23H2,1H3. The van der Waals surface area contributed by atoms with E-state index < -0.39 is 0 Å². The molecule has 0 aliphatic heterocycles. The molecule has 2 atom stereocenters. The number of benzene rings is 4. The molecule has 33 heavy (non-hydrogen) atoms. The van der Waals surface area contributed by atoms with Crippen molar-refractivity contribution in [2.24, 2.45) is 0 Å². The topological polar surface area (TPSA) is 32.3 Å². The van der Waals surface area contributed by atoms with Crippen LogP contribution in [0.15, 0.2) is 115 Å². The molecule has 0 saturated heterocycles. The second kappa shape index (κ2) is 11.5. The number of phenolic OH excluding ortho intramolecular Hbond substituents is 1. The molecule has 2 heteroatoms. The van der Waals surface area contributed by atoms with E-state index in [0.717, 1.165) is 24.9 Å². The fourth-order valence-electron chi connectivity index (χ4n) is 4.72. The number of nitrogens with one attached hydrogen (secondary N) is 1. The number of hydrogen-bond acceptors (Lipinski definition) is 2. The van der Waals surface area contributed by atoms with Crippen LogP contribution < -0.4 is 5.32 Å². The van der Waals surface area contributed by atoms with Crippen molar-refractivity contribution < 1.29 is 5.11 Å². The summed E-state index contributed by atoms with van der Waals surface area (Å²) in [7, 11) is 0. The Bertz CT molecular complexity index is 1060. The van der Waals surface area contributed by atoms with Crippen LogP contribution in [-0.2, 0) is 0 Å². The molecule has 0 amide bonds. The van der Waals surface area contributed by atoms with Crippen LogP contribution >= 0.6 is 0 Å². The predicted octanol–water partition coefficient (Wildman–Crippen LogP) is 7.11. The highest BCUT2D eigenvalue weighted by atomic mass is 16.3. The molecular formula is C31H33NO. The van der Waals surface area contributed by atoms with Gasteiger partial charge in [0.1, 0.15) is 5.75 Å². The second-order valence-corrected chi connectivity index (χ2v) is 8.78. The molecule has 0 aliphatic rings. The maximum Gasteiger partial charge on any atom is 0.119 e. The molecule has 4 aromatic carbocycles. The Morgan fingerprint density at radius 2 is 1.06 bits per heavy atom. The fourth-order valence-corrected chi connectivity index (χ4v) is 4.72. The van der Waals surface area contributed by atoms with Gasteiger partial charge in [-0.05, 0) is 49.1 Å². The molecule has 0 radical (unpaired) electrons. The Hall–Kier alpha value is -3.36. The van der Waals surface area contributed by atoms with Crippen LogP contribution in [0.4, 0.5) is 0 Å². The fraction of sp³-hybridized carbons (Fsp3) is 0.226. The lowest BCUT2D eigenvalue weighted by molar-refractivity contribution is 0.453. The summed E-state index contributed by atoms with van der Waals surface area (Å²) in [5.74, 6) is 0.886. The van der Waals surface area contributed by atoms with Crippen molar-refractivity contribution in [1.29, 1.82) is 0 Å². The van der Waals surface area contributed by atoms with E-state index in [9.17, 15) is 5.11 Å². The smallest absolute Gasteiger partial charge is 0.119 e. The minimum absolute atomic E-state index is 0.158. The van der Waals surface area contributed by atoms with Crippen LogP contribution in [0.1, 0.15) is 53.9 Å². The summed E-state index contributed by atoms with van der Waals surface area (Å²) >= 11 is 0. The van der Waals surface area contributed by atoms with Gasteiger partial charge in [-0.2, -0.15) is 0 Å². The third-order valence-electron chi connectivity index (χ3n) is 6.43. The first-order valence-corrected chi connectivity index (χ1v) is 11.9. The lowest BCUT2D eigenvalue weighted by Gasteiger charge is -2.24. The molecule has 2 nitrogen and oxygen atoms in total. The molecule has 4 rings (SSSR count). The number of aromatic hydroxyl groups is 1. The van der Waals surface area contributed by atoms with Gasteiger partial charge in [0.25, 0.3) is 0 Å².